The first-order valence-electron chi connectivity index (χ1n) is 7.75. The van der Waals surface area contributed by atoms with E-state index < -0.39 is 0 Å². The van der Waals surface area contributed by atoms with Gasteiger partial charge < -0.3 is 14.8 Å². The summed E-state index contributed by atoms with van der Waals surface area (Å²) in [7, 11) is 1.72. The molecule has 1 aliphatic carbocycles. The number of rotatable bonds is 8. The molecule has 0 amide bonds. The predicted molar refractivity (Wildman–Crippen MR) is 82.2 cm³/mol. The molecule has 0 heterocycles. The fourth-order valence-electron chi connectivity index (χ4n) is 3.01. The lowest BCUT2D eigenvalue weighted by atomic mass is 9.77. The maximum absolute atomic E-state index is 5.65. The van der Waals surface area contributed by atoms with Gasteiger partial charge in [0, 0.05) is 12.6 Å². The van der Waals surface area contributed by atoms with Gasteiger partial charge in [-0.25, -0.2) is 0 Å². The molecule has 1 aromatic carbocycles. The Morgan fingerprint density at radius 3 is 2.75 bits per heavy atom. The molecule has 0 radical (unpaired) electrons. The zero-order chi connectivity index (χ0) is 14.4. The molecule has 20 heavy (non-hydrogen) atoms. The fourth-order valence-corrected chi connectivity index (χ4v) is 3.01. The van der Waals surface area contributed by atoms with E-state index in [9.17, 15) is 0 Å². The molecule has 112 valence electrons. The van der Waals surface area contributed by atoms with Crippen LogP contribution in [0.3, 0.4) is 0 Å². The quantitative estimate of drug-likeness (QED) is 0.788. The monoisotopic (exact) mass is 277 g/mol. The molecule has 3 heteroatoms. The van der Waals surface area contributed by atoms with Gasteiger partial charge >= 0.3 is 0 Å². The van der Waals surface area contributed by atoms with Crippen molar-refractivity contribution in [3.05, 3.63) is 29.8 Å². The first-order valence-corrected chi connectivity index (χ1v) is 7.75. The van der Waals surface area contributed by atoms with Crippen LogP contribution in [0.25, 0.3) is 0 Å². The molecule has 2 rings (SSSR count). The van der Waals surface area contributed by atoms with Gasteiger partial charge in [-0.3, -0.25) is 0 Å². The average Bonchev–Trinajstić information content (AvgIpc) is 2.44. The molecule has 0 spiro atoms. The Kier molecular flexibility index (Phi) is 5.86. The first kappa shape index (κ1) is 15.3. The third-order valence-electron chi connectivity index (χ3n) is 4.11. The summed E-state index contributed by atoms with van der Waals surface area (Å²) in [6, 6.07) is 8.83. The first-order chi connectivity index (χ1) is 9.76. The van der Waals surface area contributed by atoms with Crippen LogP contribution < -0.4 is 10.1 Å². The van der Waals surface area contributed by atoms with E-state index in [1.165, 1.54) is 24.8 Å². The standard InChI is InChI=1S/C17H27NO2/c1-4-18-17(11-13-9-16(10-13)20-5-2)14-7-6-8-15(12-14)19-3/h6-8,12-13,16-18H,4-5,9-11H2,1-3H3. The summed E-state index contributed by atoms with van der Waals surface area (Å²) in [5.41, 5.74) is 1.33. The van der Waals surface area contributed by atoms with Crippen molar-refractivity contribution in [2.45, 2.75) is 45.3 Å². The van der Waals surface area contributed by atoms with Crippen LogP contribution in [-0.4, -0.2) is 26.4 Å². The fraction of sp³-hybridized carbons (Fsp3) is 0.647. The molecular weight excluding hydrogens is 250 g/mol. The molecule has 1 fully saturated rings. The number of ether oxygens (including phenoxy) is 2. The van der Waals surface area contributed by atoms with Gasteiger partial charge in [-0.05, 0) is 56.3 Å². The van der Waals surface area contributed by atoms with Gasteiger partial charge in [0.05, 0.1) is 13.2 Å². The van der Waals surface area contributed by atoms with Gasteiger partial charge in [0.2, 0.25) is 0 Å². The lowest BCUT2D eigenvalue weighted by Crippen LogP contribution is -2.34. The number of benzene rings is 1. The molecule has 1 atom stereocenters. The van der Waals surface area contributed by atoms with Crippen LogP contribution >= 0.6 is 0 Å². The highest BCUT2D eigenvalue weighted by Crippen LogP contribution is 2.37. The smallest absolute Gasteiger partial charge is 0.119 e. The van der Waals surface area contributed by atoms with Crippen molar-refractivity contribution < 1.29 is 9.47 Å². The molecule has 1 aliphatic rings. The van der Waals surface area contributed by atoms with Crippen LogP contribution in [0.15, 0.2) is 24.3 Å². The summed E-state index contributed by atoms with van der Waals surface area (Å²) in [6.45, 7) is 6.06. The number of methoxy groups -OCH3 is 1. The molecule has 1 N–H and O–H groups in total. The lowest BCUT2D eigenvalue weighted by Gasteiger charge is -2.37. The highest BCUT2D eigenvalue weighted by molar-refractivity contribution is 5.30. The third-order valence-corrected chi connectivity index (χ3v) is 4.11. The van der Waals surface area contributed by atoms with Crippen LogP contribution in [0.2, 0.25) is 0 Å². The summed E-state index contributed by atoms with van der Waals surface area (Å²) in [6.07, 6.45) is 4.10. The van der Waals surface area contributed by atoms with Crippen LogP contribution in [0, 0.1) is 5.92 Å². The molecule has 0 saturated heterocycles. The summed E-state index contributed by atoms with van der Waals surface area (Å²) in [5, 5.41) is 3.60. The number of hydrogen-bond donors (Lipinski definition) is 1. The van der Waals surface area contributed by atoms with E-state index in [-0.39, 0.29) is 0 Å². The van der Waals surface area contributed by atoms with Crippen molar-refractivity contribution >= 4 is 0 Å². The topological polar surface area (TPSA) is 30.5 Å². The molecule has 0 aromatic heterocycles. The third kappa shape index (κ3) is 3.97. The minimum absolute atomic E-state index is 0.419. The van der Waals surface area contributed by atoms with E-state index in [0.29, 0.717) is 12.1 Å². The van der Waals surface area contributed by atoms with Crippen molar-refractivity contribution in [2.75, 3.05) is 20.3 Å². The number of nitrogens with one attached hydrogen (secondary N) is 1. The molecule has 0 aliphatic heterocycles. The van der Waals surface area contributed by atoms with E-state index in [2.05, 4.69) is 37.4 Å². The molecule has 3 nitrogen and oxygen atoms in total. The van der Waals surface area contributed by atoms with Crippen molar-refractivity contribution in [3.63, 3.8) is 0 Å². The Labute approximate surface area is 122 Å². The van der Waals surface area contributed by atoms with Gasteiger partial charge in [-0.15, -0.1) is 0 Å². The summed E-state index contributed by atoms with van der Waals surface area (Å²) < 4.78 is 11.0. The van der Waals surface area contributed by atoms with Crippen molar-refractivity contribution in [1.29, 1.82) is 0 Å². The maximum atomic E-state index is 5.65. The predicted octanol–water partition coefficient (Wildman–Crippen LogP) is 3.55. The van der Waals surface area contributed by atoms with E-state index >= 15 is 0 Å². The second-order valence-corrected chi connectivity index (χ2v) is 5.54. The van der Waals surface area contributed by atoms with Gasteiger partial charge in [-0.2, -0.15) is 0 Å². The van der Waals surface area contributed by atoms with E-state index in [1.807, 2.05) is 6.07 Å². The second kappa shape index (κ2) is 7.65. The van der Waals surface area contributed by atoms with Crippen LogP contribution in [0.5, 0.6) is 5.75 Å². The molecule has 1 aromatic rings. The van der Waals surface area contributed by atoms with E-state index in [4.69, 9.17) is 9.47 Å². The van der Waals surface area contributed by atoms with Gasteiger partial charge in [0.25, 0.3) is 0 Å². The highest BCUT2D eigenvalue weighted by Gasteiger charge is 2.31. The minimum atomic E-state index is 0.419. The van der Waals surface area contributed by atoms with Crippen LogP contribution in [0.1, 0.15) is 44.7 Å². The Morgan fingerprint density at radius 2 is 2.10 bits per heavy atom. The van der Waals surface area contributed by atoms with Gasteiger partial charge in [-0.1, -0.05) is 19.1 Å². The lowest BCUT2D eigenvalue weighted by molar-refractivity contribution is -0.0291. The zero-order valence-corrected chi connectivity index (χ0v) is 12.9. The molecule has 0 bridgehead atoms. The van der Waals surface area contributed by atoms with Crippen LogP contribution in [0.4, 0.5) is 0 Å². The summed E-state index contributed by atoms with van der Waals surface area (Å²) in [4.78, 5) is 0. The average molecular weight is 277 g/mol. The van der Waals surface area contributed by atoms with E-state index in [0.717, 1.165) is 24.8 Å². The Bertz CT molecular complexity index is 402. The molecule has 1 unspecified atom stereocenters. The van der Waals surface area contributed by atoms with Gasteiger partial charge in [0.15, 0.2) is 0 Å². The Balaban J connectivity index is 1.93. The second-order valence-electron chi connectivity index (χ2n) is 5.54. The maximum Gasteiger partial charge on any atom is 0.119 e. The Morgan fingerprint density at radius 1 is 1.30 bits per heavy atom. The van der Waals surface area contributed by atoms with Crippen molar-refractivity contribution in [1.82, 2.24) is 5.32 Å². The van der Waals surface area contributed by atoms with Crippen molar-refractivity contribution in [3.8, 4) is 5.75 Å². The molecular formula is C17H27NO2. The number of hydrogen-bond acceptors (Lipinski definition) is 3. The van der Waals surface area contributed by atoms with Crippen LogP contribution in [-0.2, 0) is 4.74 Å². The molecule has 1 saturated carbocycles. The van der Waals surface area contributed by atoms with Crippen molar-refractivity contribution in [2.24, 2.45) is 5.92 Å². The highest BCUT2D eigenvalue weighted by atomic mass is 16.5. The Hall–Kier alpha value is -1.06. The zero-order valence-electron chi connectivity index (χ0n) is 12.9. The normalized spacial score (nSPS) is 23.1. The summed E-state index contributed by atoms with van der Waals surface area (Å²) >= 11 is 0. The largest absolute Gasteiger partial charge is 0.497 e. The van der Waals surface area contributed by atoms with E-state index in [1.54, 1.807) is 7.11 Å². The van der Waals surface area contributed by atoms with Gasteiger partial charge in [0.1, 0.15) is 5.75 Å². The minimum Gasteiger partial charge on any atom is -0.497 e. The summed E-state index contributed by atoms with van der Waals surface area (Å²) in [5.74, 6) is 1.72. The SMILES string of the molecule is CCNC(CC1CC(OCC)C1)c1cccc(OC)c1.